The van der Waals surface area contributed by atoms with Crippen molar-refractivity contribution in [1.82, 2.24) is 10.2 Å². The second kappa shape index (κ2) is 9.19. The van der Waals surface area contributed by atoms with E-state index in [1.807, 2.05) is 48.5 Å². The molecule has 168 valence electrons. The van der Waals surface area contributed by atoms with Crippen LogP contribution in [0.3, 0.4) is 0 Å². The molecule has 0 unspecified atom stereocenters. The summed E-state index contributed by atoms with van der Waals surface area (Å²) in [6, 6.07) is 26.9. The lowest BCUT2D eigenvalue weighted by molar-refractivity contribution is -0.123. The van der Waals surface area contributed by atoms with Crippen LogP contribution in [-0.2, 0) is 17.9 Å². The smallest absolute Gasteiger partial charge is 0.329 e. The molecule has 34 heavy (non-hydrogen) atoms. The Morgan fingerprint density at radius 1 is 0.824 bits per heavy atom. The first-order valence-electron chi connectivity index (χ1n) is 10.9. The van der Waals surface area contributed by atoms with Crippen LogP contribution in [0.5, 0.6) is 5.75 Å². The van der Waals surface area contributed by atoms with Crippen LogP contribution in [0.2, 0.25) is 0 Å². The summed E-state index contributed by atoms with van der Waals surface area (Å²) < 4.78 is 20.1. The van der Waals surface area contributed by atoms with Gasteiger partial charge in [0.05, 0.1) is 6.54 Å². The number of ether oxygens (including phenoxy) is 1. The lowest BCUT2D eigenvalue weighted by atomic mass is 10.1. The quantitative estimate of drug-likeness (QED) is 0.304. The van der Waals surface area contributed by atoms with E-state index in [0.717, 1.165) is 21.2 Å². The van der Waals surface area contributed by atoms with E-state index in [2.05, 4.69) is 23.5 Å². The van der Waals surface area contributed by atoms with Crippen LogP contribution in [0.25, 0.3) is 16.8 Å². The third-order valence-corrected chi connectivity index (χ3v) is 5.73. The van der Waals surface area contributed by atoms with Crippen molar-refractivity contribution in [1.29, 1.82) is 0 Å². The van der Waals surface area contributed by atoms with Crippen molar-refractivity contribution >= 4 is 28.8 Å². The molecule has 0 aromatic heterocycles. The highest BCUT2D eigenvalue weighted by molar-refractivity contribution is 6.14. The van der Waals surface area contributed by atoms with Gasteiger partial charge in [-0.15, -0.1) is 0 Å². The van der Waals surface area contributed by atoms with Crippen molar-refractivity contribution < 1.29 is 18.7 Å². The predicted molar refractivity (Wildman–Crippen MR) is 128 cm³/mol. The average molecular weight is 452 g/mol. The largest absolute Gasteiger partial charge is 0.488 e. The number of urea groups is 1. The van der Waals surface area contributed by atoms with Crippen LogP contribution in [0.1, 0.15) is 16.7 Å². The van der Waals surface area contributed by atoms with Gasteiger partial charge in [0.2, 0.25) is 0 Å². The van der Waals surface area contributed by atoms with Gasteiger partial charge in [0, 0.05) is 11.1 Å². The van der Waals surface area contributed by atoms with Gasteiger partial charge in [0.1, 0.15) is 23.9 Å². The van der Waals surface area contributed by atoms with E-state index in [0.29, 0.717) is 17.9 Å². The van der Waals surface area contributed by atoms with Crippen LogP contribution in [-0.4, -0.2) is 16.8 Å². The summed E-state index contributed by atoms with van der Waals surface area (Å²) in [6.45, 7) is 0.204. The number of hydrogen-bond donors (Lipinski definition) is 1. The van der Waals surface area contributed by atoms with Gasteiger partial charge in [0.15, 0.2) is 0 Å². The van der Waals surface area contributed by atoms with Gasteiger partial charge in [-0.3, -0.25) is 9.69 Å². The predicted octanol–water partition coefficient (Wildman–Crippen LogP) is 5.65. The number of amides is 3. The van der Waals surface area contributed by atoms with E-state index < -0.39 is 17.8 Å². The number of rotatable bonds is 6. The normalized spacial score (nSPS) is 14.6. The molecule has 0 radical (unpaired) electrons. The molecule has 0 aliphatic carbocycles. The minimum absolute atomic E-state index is 0.113. The van der Waals surface area contributed by atoms with E-state index in [4.69, 9.17) is 4.74 Å². The topological polar surface area (TPSA) is 58.6 Å². The Hall–Kier alpha value is -4.45. The molecule has 1 N–H and O–H groups in total. The van der Waals surface area contributed by atoms with Crippen molar-refractivity contribution in [3.63, 3.8) is 0 Å². The monoisotopic (exact) mass is 452 g/mol. The summed E-state index contributed by atoms with van der Waals surface area (Å²) in [7, 11) is 0. The molecule has 1 fully saturated rings. The molecule has 1 heterocycles. The van der Waals surface area contributed by atoms with Gasteiger partial charge in [0.25, 0.3) is 5.91 Å². The first-order chi connectivity index (χ1) is 16.6. The van der Waals surface area contributed by atoms with Gasteiger partial charge in [-0.05, 0) is 34.5 Å². The minimum atomic E-state index is -0.589. The molecule has 0 saturated carbocycles. The van der Waals surface area contributed by atoms with Gasteiger partial charge < -0.3 is 10.1 Å². The average Bonchev–Trinajstić information content (AvgIpc) is 3.12. The van der Waals surface area contributed by atoms with Crippen LogP contribution >= 0.6 is 0 Å². The number of para-hydroxylation sites is 1. The lowest BCUT2D eigenvalue weighted by Gasteiger charge is -2.12. The summed E-state index contributed by atoms with van der Waals surface area (Å²) in [5, 5.41) is 4.83. The summed E-state index contributed by atoms with van der Waals surface area (Å²) in [4.78, 5) is 26.3. The van der Waals surface area contributed by atoms with E-state index in [1.165, 1.54) is 6.07 Å². The molecule has 0 bridgehead atoms. The zero-order valence-electron chi connectivity index (χ0n) is 18.2. The van der Waals surface area contributed by atoms with Crippen LogP contribution in [0.4, 0.5) is 9.18 Å². The van der Waals surface area contributed by atoms with Crippen LogP contribution in [0, 0.1) is 5.82 Å². The van der Waals surface area contributed by atoms with Crippen molar-refractivity contribution in [3.05, 3.63) is 119 Å². The van der Waals surface area contributed by atoms with Gasteiger partial charge >= 0.3 is 6.03 Å². The first kappa shape index (κ1) is 21.4. The zero-order valence-corrected chi connectivity index (χ0v) is 18.2. The molecule has 6 heteroatoms. The summed E-state index contributed by atoms with van der Waals surface area (Å²) in [5.74, 6) is -0.401. The number of fused-ring (bicyclic) bond motifs is 1. The molecule has 4 aromatic carbocycles. The third kappa shape index (κ3) is 4.26. The number of nitrogens with one attached hydrogen (secondary N) is 1. The van der Waals surface area contributed by atoms with Crippen molar-refractivity contribution in [2.45, 2.75) is 13.2 Å². The highest BCUT2D eigenvalue weighted by Gasteiger charge is 2.34. The Morgan fingerprint density at radius 3 is 2.41 bits per heavy atom. The molecule has 0 spiro atoms. The maximum absolute atomic E-state index is 14.0. The molecule has 3 amide bonds. The fraction of sp³-hybridized carbons (Fsp3) is 0.0714. The summed E-state index contributed by atoms with van der Waals surface area (Å²) in [5.41, 5.74) is 2.08. The Kier molecular flexibility index (Phi) is 5.79. The number of benzene rings is 4. The molecule has 4 aromatic rings. The number of nitrogens with zero attached hydrogens (tertiary/aromatic N) is 1. The van der Waals surface area contributed by atoms with E-state index in [-0.39, 0.29) is 17.8 Å². The van der Waals surface area contributed by atoms with Crippen molar-refractivity contribution in [2.24, 2.45) is 0 Å². The van der Waals surface area contributed by atoms with Crippen LogP contribution in [0.15, 0.2) is 96.7 Å². The van der Waals surface area contributed by atoms with Crippen molar-refractivity contribution in [2.75, 3.05) is 0 Å². The van der Waals surface area contributed by atoms with Gasteiger partial charge in [-0.2, -0.15) is 0 Å². The minimum Gasteiger partial charge on any atom is -0.488 e. The molecule has 1 saturated heterocycles. The molecular weight excluding hydrogens is 431 g/mol. The lowest BCUT2D eigenvalue weighted by Crippen LogP contribution is -2.30. The molecule has 1 aliphatic rings. The number of imide groups is 1. The highest BCUT2D eigenvalue weighted by Crippen LogP contribution is 2.26. The summed E-state index contributed by atoms with van der Waals surface area (Å²) >= 11 is 0. The third-order valence-electron chi connectivity index (χ3n) is 5.73. The Bertz CT molecular complexity index is 1420. The first-order valence-corrected chi connectivity index (χ1v) is 10.9. The summed E-state index contributed by atoms with van der Waals surface area (Å²) in [6.07, 6.45) is 1.58. The second-order valence-corrected chi connectivity index (χ2v) is 7.94. The Balaban J connectivity index is 1.37. The molecule has 5 nitrogen and oxygen atoms in total. The van der Waals surface area contributed by atoms with Crippen molar-refractivity contribution in [3.8, 4) is 5.75 Å². The standard InChI is InChI=1S/C28H21FN2O3/c29-24-14-5-2-10-21(24)17-31-27(32)25(30-28(31)33)16-20-9-3-6-15-26(20)34-18-22-12-7-11-19-8-1-4-13-23(19)22/h1-16H,17-18H2,(H,30,33)/b25-16+. The van der Waals surface area contributed by atoms with E-state index in [9.17, 15) is 14.0 Å². The van der Waals surface area contributed by atoms with Gasteiger partial charge in [-0.25, -0.2) is 9.18 Å². The Morgan fingerprint density at radius 2 is 1.53 bits per heavy atom. The Labute approximate surface area is 196 Å². The molecule has 0 atom stereocenters. The fourth-order valence-electron chi connectivity index (χ4n) is 3.97. The van der Waals surface area contributed by atoms with E-state index in [1.54, 1.807) is 24.3 Å². The zero-order chi connectivity index (χ0) is 23.5. The maximum Gasteiger partial charge on any atom is 0.329 e. The number of carbonyl (C=O) groups is 2. The molecular formula is C28H21FN2O3. The van der Waals surface area contributed by atoms with Gasteiger partial charge in [-0.1, -0.05) is 78.9 Å². The highest BCUT2D eigenvalue weighted by atomic mass is 19.1. The molecule has 5 rings (SSSR count). The molecule has 1 aliphatic heterocycles. The second-order valence-electron chi connectivity index (χ2n) is 7.94. The SMILES string of the molecule is O=C1N/C(=C/c2ccccc2OCc2cccc3ccccc23)C(=O)N1Cc1ccccc1F. The number of carbonyl (C=O) groups excluding carboxylic acids is 2. The fourth-order valence-corrected chi connectivity index (χ4v) is 3.97. The van der Waals surface area contributed by atoms with E-state index >= 15 is 0 Å². The number of halogens is 1. The maximum atomic E-state index is 14.0. The number of hydrogen-bond acceptors (Lipinski definition) is 3. The van der Waals surface area contributed by atoms with Crippen LogP contribution < -0.4 is 10.1 Å².